The van der Waals surface area contributed by atoms with Gasteiger partial charge in [-0.15, -0.1) is 0 Å². The van der Waals surface area contributed by atoms with Crippen molar-refractivity contribution in [3.8, 4) is 0 Å². The topological polar surface area (TPSA) is 67.2 Å². The Labute approximate surface area is 108 Å². The van der Waals surface area contributed by atoms with E-state index < -0.39 is 0 Å². The fourth-order valence-corrected chi connectivity index (χ4v) is 2.09. The average molecular weight is 302 g/mol. The quantitative estimate of drug-likeness (QED) is 0.861. The van der Waals surface area contributed by atoms with Gasteiger partial charge in [-0.25, -0.2) is 4.68 Å². The summed E-state index contributed by atoms with van der Waals surface area (Å²) in [6.07, 6.45) is 4.35. The highest BCUT2D eigenvalue weighted by molar-refractivity contribution is 9.10. The number of anilines is 1. The minimum Gasteiger partial charge on any atom is -0.394 e. The smallest absolute Gasteiger partial charge is 0.283 e. The zero-order valence-electron chi connectivity index (χ0n) is 9.74. The van der Waals surface area contributed by atoms with E-state index >= 15 is 0 Å². The van der Waals surface area contributed by atoms with E-state index in [9.17, 15) is 9.90 Å². The predicted octanol–water partition coefficient (Wildman–Crippen LogP) is 1.35. The van der Waals surface area contributed by atoms with Crippen molar-refractivity contribution >= 4 is 21.6 Å². The first-order valence-corrected chi connectivity index (χ1v) is 6.56. The molecule has 1 heterocycles. The number of rotatable bonds is 5. The number of nitrogens with one attached hydrogen (secondary N) is 1. The molecule has 0 bridgehead atoms. The van der Waals surface area contributed by atoms with Crippen molar-refractivity contribution in [2.75, 3.05) is 11.9 Å². The van der Waals surface area contributed by atoms with E-state index in [4.69, 9.17) is 0 Å². The highest BCUT2D eigenvalue weighted by Gasteiger charge is 2.42. The Morgan fingerprint density at radius 1 is 1.65 bits per heavy atom. The third-order valence-corrected chi connectivity index (χ3v) is 3.74. The summed E-state index contributed by atoms with van der Waals surface area (Å²) in [5.41, 5.74) is 0.285. The Bertz CT molecular complexity index is 468. The molecule has 0 aromatic carbocycles. The predicted molar refractivity (Wildman–Crippen MR) is 69.2 cm³/mol. The Morgan fingerprint density at radius 3 is 2.88 bits per heavy atom. The molecule has 94 valence electrons. The van der Waals surface area contributed by atoms with Gasteiger partial charge < -0.3 is 10.4 Å². The van der Waals surface area contributed by atoms with Crippen LogP contribution in [0.2, 0.25) is 0 Å². The van der Waals surface area contributed by atoms with Crippen molar-refractivity contribution in [2.24, 2.45) is 0 Å². The highest BCUT2D eigenvalue weighted by Crippen LogP contribution is 2.39. The second-order valence-electron chi connectivity index (χ2n) is 4.46. The normalized spacial score (nSPS) is 16.9. The monoisotopic (exact) mass is 301 g/mol. The summed E-state index contributed by atoms with van der Waals surface area (Å²) in [5.74, 6) is 0. The second-order valence-corrected chi connectivity index (χ2v) is 5.26. The van der Waals surface area contributed by atoms with Gasteiger partial charge in [0, 0.05) is 6.54 Å². The molecule has 1 aliphatic rings. The molecule has 6 heteroatoms. The number of nitrogens with zero attached hydrogens (tertiary/aromatic N) is 2. The lowest BCUT2D eigenvalue weighted by molar-refractivity contribution is 0.266. The lowest BCUT2D eigenvalue weighted by Gasteiger charge is -2.17. The van der Waals surface area contributed by atoms with E-state index in [0.29, 0.717) is 16.7 Å². The van der Waals surface area contributed by atoms with Crippen molar-refractivity contribution in [3.63, 3.8) is 0 Å². The van der Waals surface area contributed by atoms with Gasteiger partial charge in [-0.05, 0) is 35.2 Å². The lowest BCUT2D eigenvalue weighted by atomic mass is 10.3. The molecular formula is C11H16BrN3O2. The van der Waals surface area contributed by atoms with Crippen molar-refractivity contribution < 1.29 is 5.11 Å². The van der Waals surface area contributed by atoms with Gasteiger partial charge in [-0.1, -0.05) is 6.92 Å². The molecule has 1 aromatic rings. The van der Waals surface area contributed by atoms with Crippen LogP contribution in [-0.4, -0.2) is 27.0 Å². The first-order valence-electron chi connectivity index (χ1n) is 5.76. The molecular weight excluding hydrogens is 286 g/mol. The molecule has 2 N–H and O–H groups in total. The molecule has 2 rings (SSSR count). The van der Waals surface area contributed by atoms with Crippen LogP contribution in [0.5, 0.6) is 0 Å². The maximum atomic E-state index is 11.9. The Hall–Kier alpha value is -0.880. The fraction of sp³-hybridized carbons (Fsp3) is 0.636. The van der Waals surface area contributed by atoms with Gasteiger partial charge in [0.1, 0.15) is 4.47 Å². The van der Waals surface area contributed by atoms with E-state index in [1.54, 1.807) is 6.20 Å². The fourth-order valence-electron chi connectivity index (χ4n) is 1.68. The molecule has 0 unspecified atom stereocenters. The van der Waals surface area contributed by atoms with Crippen LogP contribution in [0.15, 0.2) is 15.5 Å². The molecule has 1 aromatic heterocycles. The number of hydrogen-bond acceptors (Lipinski definition) is 4. The van der Waals surface area contributed by atoms with Crippen molar-refractivity contribution in [1.29, 1.82) is 0 Å². The highest BCUT2D eigenvalue weighted by atomic mass is 79.9. The van der Waals surface area contributed by atoms with Crippen LogP contribution >= 0.6 is 15.9 Å². The summed E-state index contributed by atoms with van der Waals surface area (Å²) in [5, 5.41) is 16.5. The van der Waals surface area contributed by atoms with E-state index in [-0.39, 0.29) is 17.7 Å². The first kappa shape index (κ1) is 12.6. The molecule has 0 radical (unpaired) electrons. The number of aliphatic hydroxyl groups excluding tert-OH is 1. The van der Waals surface area contributed by atoms with Gasteiger partial charge in [-0.3, -0.25) is 4.79 Å². The molecule has 1 fully saturated rings. The van der Waals surface area contributed by atoms with Crippen molar-refractivity contribution in [1.82, 2.24) is 9.78 Å². The lowest BCUT2D eigenvalue weighted by Crippen LogP contribution is -2.29. The molecule has 1 saturated carbocycles. The second kappa shape index (κ2) is 4.78. The van der Waals surface area contributed by atoms with Crippen LogP contribution in [0.3, 0.4) is 0 Å². The minimum atomic E-state index is -0.242. The third kappa shape index (κ3) is 2.52. The standard InChI is InChI=1S/C11H16BrN3O2/c1-2-5-15-10(17)9(12)8(6-13-15)14-11(7-16)3-4-11/h6,14,16H,2-5,7H2,1H3. The summed E-state index contributed by atoms with van der Waals surface area (Å²) in [4.78, 5) is 11.9. The molecule has 0 atom stereocenters. The molecule has 0 amide bonds. The summed E-state index contributed by atoms with van der Waals surface area (Å²) in [6, 6.07) is 0. The van der Waals surface area contributed by atoms with Crippen LogP contribution in [0.4, 0.5) is 5.69 Å². The van der Waals surface area contributed by atoms with Crippen LogP contribution in [-0.2, 0) is 6.54 Å². The van der Waals surface area contributed by atoms with Crippen LogP contribution in [0.25, 0.3) is 0 Å². The molecule has 5 nitrogen and oxygen atoms in total. The molecule has 1 aliphatic carbocycles. The number of hydrogen-bond donors (Lipinski definition) is 2. The van der Waals surface area contributed by atoms with Crippen molar-refractivity contribution in [2.45, 2.75) is 38.3 Å². The van der Waals surface area contributed by atoms with Gasteiger partial charge in [0.25, 0.3) is 5.56 Å². The molecule has 0 saturated heterocycles. The van der Waals surface area contributed by atoms with Gasteiger partial charge >= 0.3 is 0 Å². The zero-order chi connectivity index (χ0) is 12.5. The Kier molecular flexibility index (Phi) is 3.53. The molecule has 0 spiro atoms. The number of aliphatic hydroxyl groups is 1. The van der Waals surface area contributed by atoms with Crippen molar-refractivity contribution in [3.05, 3.63) is 21.0 Å². The van der Waals surface area contributed by atoms with Gasteiger partial charge in [0.2, 0.25) is 0 Å². The van der Waals surface area contributed by atoms with Gasteiger partial charge in [0.05, 0.1) is 24.0 Å². The average Bonchev–Trinajstić information content (AvgIpc) is 3.10. The largest absolute Gasteiger partial charge is 0.394 e. The summed E-state index contributed by atoms with van der Waals surface area (Å²) in [7, 11) is 0. The van der Waals surface area contributed by atoms with Crippen LogP contribution in [0.1, 0.15) is 26.2 Å². The van der Waals surface area contributed by atoms with Crippen LogP contribution in [0, 0.1) is 0 Å². The van der Waals surface area contributed by atoms with E-state index in [0.717, 1.165) is 19.3 Å². The number of aryl methyl sites for hydroxylation is 1. The maximum Gasteiger partial charge on any atom is 0.283 e. The van der Waals surface area contributed by atoms with Crippen LogP contribution < -0.4 is 10.9 Å². The zero-order valence-corrected chi connectivity index (χ0v) is 11.3. The molecule has 0 aliphatic heterocycles. The van der Waals surface area contributed by atoms with E-state index in [1.165, 1.54) is 4.68 Å². The van der Waals surface area contributed by atoms with E-state index in [1.807, 2.05) is 6.92 Å². The van der Waals surface area contributed by atoms with Gasteiger partial charge in [0.15, 0.2) is 0 Å². The summed E-state index contributed by atoms with van der Waals surface area (Å²) in [6.45, 7) is 2.69. The Balaban J connectivity index is 2.25. The van der Waals surface area contributed by atoms with E-state index in [2.05, 4.69) is 26.3 Å². The summed E-state index contributed by atoms with van der Waals surface area (Å²) >= 11 is 3.29. The summed E-state index contributed by atoms with van der Waals surface area (Å²) < 4.78 is 1.93. The minimum absolute atomic E-state index is 0.0808. The Morgan fingerprint density at radius 2 is 2.35 bits per heavy atom. The molecule has 17 heavy (non-hydrogen) atoms. The number of halogens is 1. The third-order valence-electron chi connectivity index (χ3n) is 2.98. The maximum absolute atomic E-state index is 11.9. The SMILES string of the molecule is CCCn1ncc(NC2(CO)CC2)c(Br)c1=O. The first-order chi connectivity index (χ1) is 8.12. The van der Waals surface area contributed by atoms with Gasteiger partial charge in [-0.2, -0.15) is 5.10 Å². The number of aromatic nitrogens is 2.